The Morgan fingerprint density at radius 1 is 1.21 bits per heavy atom. The molecule has 0 radical (unpaired) electrons. The SMILES string of the molecule is CCOCCCNC(=NCc1nnc(C)n1C)NC(C)CCCN(CC)CC.I. The Morgan fingerprint density at radius 3 is 2.52 bits per heavy atom. The number of aliphatic imine (C=N–C) groups is 1. The van der Waals surface area contributed by atoms with E-state index in [-0.39, 0.29) is 24.0 Å². The summed E-state index contributed by atoms with van der Waals surface area (Å²) in [5, 5.41) is 15.3. The fraction of sp³-hybridized carbons (Fsp3) is 0.850. The van der Waals surface area contributed by atoms with Crippen molar-refractivity contribution in [1.82, 2.24) is 30.3 Å². The first-order chi connectivity index (χ1) is 13.5. The van der Waals surface area contributed by atoms with Crippen LogP contribution in [0.2, 0.25) is 0 Å². The number of hydrogen-bond donors (Lipinski definition) is 2. The van der Waals surface area contributed by atoms with E-state index in [1.807, 2.05) is 25.5 Å². The van der Waals surface area contributed by atoms with Crippen molar-refractivity contribution in [3.05, 3.63) is 11.6 Å². The van der Waals surface area contributed by atoms with Crippen molar-refractivity contribution < 1.29 is 4.74 Å². The van der Waals surface area contributed by atoms with Gasteiger partial charge in [0.05, 0.1) is 0 Å². The molecule has 1 rings (SSSR count). The maximum atomic E-state index is 5.41. The second kappa shape index (κ2) is 16.8. The predicted octanol–water partition coefficient (Wildman–Crippen LogP) is 2.71. The molecule has 0 bridgehead atoms. The molecule has 0 saturated heterocycles. The highest BCUT2D eigenvalue weighted by Gasteiger charge is 2.09. The zero-order valence-electron chi connectivity index (χ0n) is 19.2. The summed E-state index contributed by atoms with van der Waals surface area (Å²) in [4.78, 5) is 7.18. The summed E-state index contributed by atoms with van der Waals surface area (Å²) in [5.41, 5.74) is 0. The number of halogens is 1. The van der Waals surface area contributed by atoms with Crippen LogP contribution in [0.5, 0.6) is 0 Å². The Hall–Kier alpha value is -0.940. The molecule has 2 N–H and O–H groups in total. The third-order valence-corrected chi connectivity index (χ3v) is 4.91. The van der Waals surface area contributed by atoms with E-state index in [9.17, 15) is 0 Å². The van der Waals surface area contributed by atoms with Crippen molar-refractivity contribution in [2.75, 3.05) is 39.4 Å². The summed E-state index contributed by atoms with van der Waals surface area (Å²) in [6, 6.07) is 0.356. The van der Waals surface area contributed by atoms with Gasteiger partial charge in [-0.3, -0.25) is 0 Å². The lowest BCUT2D eigenvalue weighted by atomic mass is 10.2. The van der Waals surface area contributed by atoms with Crippen LogP contribution in [-0.4, -0.2) is 71.1 Å². The van der Waals surface area contributed by atoms with Gasteiger partial charge < -0.3 is 24.8 Å². The van der Waals surface area contributed by atoms with E-state index in [0.717, 1.165) is 69.8 Å². The van der Waals surface area contributed by atoms with Crippen LogP contribution < -0.4 is 10.6 Å². The van der Waals surface area contributed by atoms with E-state index in [2.05, 4.69) is 46.5 Å². The summed E-state index contributed by atoms with van der Waals surface area (Å²) < 4.78 is 7.39. The first-order valence-electron chi connectivity index (χ1n) is 10.7. The fourth-order valence-corrected chi connectivity index (χ4v) is 2.88. The maximum absolute atomic E-state index is 5.41. The van der Waals surface area contributed by atoms with Gasteiger partial charge in [-0.2, -0.15) is 0 Å². The number of nitrogens with one attached hydrogen (secondary N) is 2. The van der Waals surface area contributed by atoms with E-state index >= 15 is 0 Å². The van der Waals surface area contributed by atoms with Crippen LogP contribution in [0.15, 0.2) is 4.99 Å². The van der Waals surface area contributed by atoms with Crippen LogP contribution in [0, 0.1) is 6.92 Å². The monoisotopic (exact) mass is 523 g/mol. The van der Waals surface area contributed by atoms with Crippen LogP contribution in [-0.2, 0) is 18.3 Å². The van der Waals surface area contributed by atoms with Gasteiger partial charge in [-0.05, 0) is 59.7 Å². The van der Waals surface area contributed by atoms with Crippen molar-refractivity contribution >= 4 is 29.9 Å². The standard InChI is InChI=1S/C20H41N7O.HI/c1-7-27(8-2)14-10-12-17(4)23-20(21-13-11-15-28-9-3)22-16-19-25-24-18(5)26(19)6;/h17H,7-16H2,1-6H3,(H2,21,22,23);1H. The number of guanidine groups is 1. The number of hydrogen-bond acceptors (Lipinski definition) is 5. The minimum atomic E-state index is 0. The second-order valence-corrected chi connectivity index (χ2v) is 7.08. The molecule has 1 heterocycles. The van der Waals surface area contributed by atoms with E-state index in [1.54, 1.807) is 0 Å². The maximum Gasteiger partial charge on any atom is 0.191 e. The largest absolute Gasteiger partial charge is 0.382 e. The Kier molecular flexibility index (Phi) is 16.3. The molecular weight excluding hydrogens is 481 g/mol. The van der Waals surface area contributed by atoms with Crippen LogP contribution >= 0.6 is 24.0 Å². The fourth-order valence-electron chi connectivity index (χ4n) is 2.88. The lowest BCUT2D eigenvalue weighted by Crippen LogP contribution is -2.43. The average Bonchev–Trinajstić information content (AvgIpc) is 3.01. The Bertz CT molecular complexity index is 561. The van der Waals surface area contributed by atoms with E-state index in [0.29, 0.717) is 12.6 Å². The van der Waals surface area contributed by atoms with Gasteiger partial charge in [0.2, 0.25) is 0 Å². The summed E-state index contributed by atoms with van der Waals surface area (Å²) in [5.74, 6) is 2.59. The molecule has 1 aromatic heterocycles. The molecule has 1 atom stereocenters. The smallest absolute Gasteiger partial charge is 0.191 e. The Balaban J connectivity index is 0.00000784. The molecular formula is C20H42IN7O. The third kappa shape index (κ3) is 11.7. The van der Waals surface area contributed by atoms with Gasteiger partial charge in [-0.15, -0.1) is 34.2 Å². The predicted molar refractivity (Wildman–Crippen MR) is 131 cm³/mol. The van der Waals surface area contributed by atoms with Gasteiger partial charge >= 0.3 is 0 Å². The van der Waals surface area contributed by atoms with Gasteiger partial charge in [0.15, 0.2) is 11.8 Å². The first-order valence-corrected chi connectivity index (χ1v) is 10.7. The van der Waals surface area contributed by atoms with Gasteiger partial charge in [0, 0.05) is 32.8 Å². The lowest BCUT2D eigenvalue weighted by Gasteiger charge is -2.21. The molecule has 0 aromatic carbocycles. The van der Waals surface area contributed by atoms with E-state index in [1.165, 1.54) is 6.42 Å². The van der Waals surface area contributed by atoms with Gasteiger partial charge in [-0.25, -0.2) is 4.99 Å². The van der Waals surface area contributed by atoms with Gasteiger partial charge in [-0.1, -0.05) is 13.8 Å². The molecule has 8 nitrogen and oxygen atoms in total. The van der Waals surface area contributed by atoms with Crippen LogP contribution in [0.4, 0.5) is 0 Å². The number of rotatable bonds is 14. The number of ether oxygens (including phenoxy) is 1. The summed E-state index contributed by atoms with van der Waals surface area (Å²) in [6.07, 6.45) is 3.24. The highest BCUT2D eigenvalue weighted by molar-refractivity contribution is 14.0. The highest BCUT2D eigenvalue weighted by Crippen LogP contribution is 2.02. The van der Waals surface area contributed by atoms with Crippen molar-refractivity contribution in [3.8, 4) is 0 Å². The molecule has 1 aromatic rings. The molecule has 0 spiro atoms. The van der Waals surface area contributed by atoms with E-state index < -0.39 is 0 Å². The van der Waals surface area contributed by atoms with Crippen molar-refractivity contribution in [3.63, 3.8) is 0 Å². The molecule has 0 aliphatic carbocycles. The first kappa shape index (κ1) is 28.1. The Labute approximate surface area is 194 Å². The average molecular weight is 524 g/mol. The number of aromatic nitrogens is 3. The highest BCUT2D eigenvalue weighted by atomic mass is 127. The molecule has 170 valence electrons. The van der Waals surface area contributed by atoms with Gasteiger partial charge in [0.25, 0.3) is 0 Å². The van der Waals surface area contributed by atoms with Crippen LogP contribution in [0.25, 0.3) is 0 Å². The van der Waals surface area contributed by atoms with Gasteiger partial charge in [0.1, 0.15) is 12.4 Å². The van der Waals surface area contributed by atoms with E-state index in [4.69, 9.17) is 9.73 Å². The molecule has 9 heteroatoms. The molecule has 0 saturated carbocycles. The summed E-state index contributed by atoms with van der Waals surface area (Å²) in [7, 11) is 1.97. The third-order valence-electron chi connectivity index (χ3n) is 4.91. The number of aryl methyl sites for hydroxylation is 1. The molecule has 0 amide bonds. The topological polar surface area (TPSA) is 79.6 Å². The zero-order valence-corrected chi connectivity index (χ0v) is 21.5. The zero-order chi connectivity index (χ0) is 20.8. The minimum Gasteiger partial charge on any atom is -0.382 e. The second-order valence-electron chi connectivity index (χ2n) is 7.08. The number of nitrogens with zero attached hydrogens (tertiary/aromatic N) is 5. The molecule has 0 fully saturated rings. The van der Waals surface area contributed by atoms with Crippen LogP contribution in [0.1, 0.15) is 58.6 Å². The molecule has 1 unspecified atom stereocenters. The normalized spacial score (nSPS) is 12.7. The molecule has 0 aliphatic rings. The molecule has 29 heavy (non-hydrogen) atoms. The molecule has 0 aliphatic heterocycles. The van der Waals surface area contributed by atoms with Crippen molar-refractivity contribution in [2.24, 2.45) is 12.0 Å². The quantitative estimate of drug-likeness (QED) is 0.169. The van der Waals surface area contributed by atoms with Crippen molar-refractivity contribution in [1.29, 1.82) is 0 Å². The summed E-state index contributed by atoms with van der Waals surface area (Å²) in [6.45, 7) is 16.8. The minimum absolute atomic E-state index is 0. The van der Waals surface area contributed by atoms with Crippen molar-refractivity contribution in [2.45, 2.75) is 66.5 Å². The Morgan fingerprint density at radius 2 is 1.93 bits per heavy atom. The van der Waals surface area contributed by atoms with Crippen LogP contribution in [0.3, 0.4) is 0 Å². The summed E-state index contributed by atoms with van der Waals surface area (Å²) >= 11 is 0. The lowest BCUT2D eigenvalue weighted by molar-refractivity contribution is 0.145.